The maximum atomic E-state index is 12.0. The van der Waals surface area contributed by atoms with E-state index in [9.17, 15) is 8.42 Å². The molecule has 0 atom stereocenters. The number of nitrogens with zero attached hydrogens (tertiary/aromatic N) is 4. The lowest BCUT2D eigenvalue weighted by Gasteiger charge is -2.37. The Morgan fingerprint density at radius 3 is 2.35 bits per heavy atom. The number of benzene rings is 1. The van der Waals surface area contributed by atoms with Crippen LogP contribution in [0.5, 0.6) is 0 Å². The Kier molecular flexibility index (Phi) is 5.67. The van der Waals surface area contributed by atoms with Gasteiger partial charge in [-0.1, -0.05) is 24.6 Å². The molecule has 0 unspecified atom stereocenters. The van der Waals surface area contributed by atoms with Gasteiger partial charge in [0.05, 0.1) is 5.75 Å². The Labute approximate surface area is 159 Å². The van der Waals surface area contributed by atoms with E-state index in [0.717, 1.165) is 36.9 Å². The smallest absolute Gasteiger partial charge is 0.197 e. The number of piperazine rings is 1. The molecule has 26 heavy (non-hydrogen) atoms. The van der Waals surface area contributed by atoms with Crippen LogP contribution in [-0.4, -0.2) is 50.5 Å². The quantitative estimate of drug-likeness (QED) is 0.776. The van der Waals surface area contributed by atoms with Crippen molar-refractivity contribution in [2.45, 2.75) is 25.3 Å². The molecular formula is C18H23ClN4O2S. The fourth-order valence-corrected chi connectivity index (χ4v) is 4.47. The minimum absolute atomic E-state index is 0.0521. The highest BCUT2D eigenvalue weighted by atomic mass is 35.5. The summed E-state index contributed by atoms with van der Waals surface area (Å²) < 4.78 is 24.1. The van der Waals surface area contributed by atoms with Crippen LogP contribution in [0, 0.1) is 6.92 Å². The summed E-state index contributed by atoms with van der Waals surface area (Å²) in [6.45, 7) is 7.19. The van der Waals surface area contributed by atoms with Crippen LogP contribution in [0.2, 0.25) is 5.02 Å². The van der Waals surface area contributed by atoms with Gasteiger partial charge in [0.15, 0.2) is 20.7 Å². The molecule has 1 aromatic carbocycles. The summed E-state index contributed by atoms with van der Waals surface area (Å²) in [5, 5.41) is 8.86. The molecule has 6 nitrogen and oxygen atoms in total. The van der Waals surface area contributed by atoms with Crippen molar-refractivity contribution in [3.05, 3.63) is 40.9 Å². The summed E-state index contributed by atoms with van der Waals surface area (Å²) in [6, 6.07) is 9.24. The zero-order valence-corrected chi connectivity index (χ0v) is 16.6. The molecule has 1 saturated heterocycles. The molecule has 1 fully saturated rings. The lowest BCUT2D eigenvalue weighted by molar-refractivity contribution is 0.587. The molecule has 140 valence electrons. The Bertz CT molecular complexity index is 863. The lowest BCUT2D eigenvalue weighted by Crippen LogP contribution is -2.47. The van der Waals surface area contributed by atoms with Crippen molar-refractivity contribution in [2.24, 2.45) is 0 Å². The first kappa shape index (κ1) is 18.9. The van der Waals surface area contributed by atoms with Crippen LogP contribution in [-0.2, 0) is 9.84 Å². The first-order valence-electron chi connectivity index (χ1n) is 8.73. The van der Waals surface area contributed by atoms with Gasteiger partial charge in [-0.05, 0) is 43.2 Å². The van der Waals surface area contributed by atoms with Crippen molar-refractivity contribution in [1.29, 1.82) is 0 Å². The number of rotatable bonds is 5. The van der Waals surface area contributed by atoms with Crippen LogP contribution >= 0.6 is 11.6 Å². The molecular weight excluding hydrogens is 372 g/mol. The van der Waals surface area contributed by atoms with Gasteiger partial charge in [0.1, 0.15) is 0 Å². The first-order chi connectivity index (χ1) is 12.4. The average Bonchev–Trinajstić information content (AvgIpc) is 2.64. The number of aryl methyl sites for hydroxylation is 1. The molecule has 2 heterocycles. The molecule has 0 radical (unpaired) electrons. The number of sulfone groups is 1. The number of aromatic nitrogens is 2. The SMILES string of the molecule is CCCS(=O)(=O)c1ccc(N2CCN(c3cc(Cl)ccc3C)CC2)nn1. The molecule has 1 aliphatic heterocycles. The molecule has 0 saturated carbocycles. The van der Waals surface area contributed by atoms with E-state index in [1.807, 2.05) is 25.1 Å². The average molecular weight is 395 g/mol. The summed E-state index contributed by atoms with van der Waals surface area (Å²) in [6.07, 6.45) is 0.566. The summed E-state index contributed by atoms with van der Waals surface area (Å²) in [5.41, 5.74) is 2.36. The van der Waals surface area contributed by atoms with Gasteiger partial charge in [0.25, 0.3) is 0 Å². The zero-order chi connectivity index (χ0) is 18.7. The van der Waals surface area contributed by atoms with Crippen LogP contribution < -0.4 is 9.80 Å². The minimum atomic E-state index is -3.32. The van der Waals surface area contributed by atoms with E-state index in [1.54, 1.807) is 12.1 Å². The molecule has 0 aliphatic carbocycles. The van der Waals surface area contributed by atoms with Crippen LogP contribution in [0.3, 0.4) is 0 Å². The fourth-order valence-electron chi connectivity index (χ4n) is 3.12. The van der Waals surface area contributed by atoms with Gasteiger partial charge in [0.2, 0.25) is 0 Å². The minimum Gasteiger partial charge on any atom is -0.368 e. The van der Waals surface area contributed by atoms with E-state index >= 15 is 0 Å². The van der Waals surface area contributed by atoms with Crippen molar-refractivity contribution < 1.29 is 8.42 Å². The first-order valence-corrected chi connectivity index (χ1v) is 10.8. The van der Waals surface area contributed by atoms with Crippen LogP contribution in [0.4, 0.5) is 11.5 Å². The van der Waals surface area contributed by atoms with E-state index in [-0.39, 0.29) is 10.8 Å². The standard InChI is InChI=1S/C18H23ClN4O2S/c1-3-12-26(24,25)18-7-6-17(20-21-18)23-10-8-22(9-11-23)16-13-15(19)5-4-14(16)2/h4-7,13H,3,8-12H2,1-2H3. The Morgan fingerprint density at radius 2 is 1.73 bits per heavy atom. The topological polar surface area (TPSA) is 66.4 Å². The summed E-state index contributed by atoms with van der Waals surface area (Å²) in [5.74, 6) is 0.807. The van der Waals surface area contributed by atoms with Crippen molar-refractivity contribution >= 4 is 32.9 Å². The molecule has 8 heteroatoms. The molecule has 0 spiro atoms. The monoisotopic (exact) mass is 394 g/mol. The van der Waals surface area contributed by atoms with Crippen LogP contribution in [0.1, 0.15) is 18.9 Å². The van der Waals surface area contributed by atoms with Gasteiger partial charge in [-0.2, -0.15) is 0 Å². The van der Waals surface area contributed by atoms with Crippen molar-refractivity contribution in [3.8, 4) is 0 Å². The molecule has 0 bridgehead atoms. The van der Waals surface area contributed by atoms with Crippen LogP contribution in [0.25, 0.3) is 0 Å². The normalized spacial score (nSPS) is 15.3. The maximum Gasteiger partial charge on any atom is 0.197 e. The predicted octanol–water partition coefficient (Wildman–Crippen LogP) is 2.95. The fraction of sp³-hybridized carbons (Fsp3) is 0.444. The Balaban J connectivity index is 1.67. The van der Waals surface area contributed by atoms with Gasteiger partial charge in [-0.25, -0.2) is 8.42 Å². The second kappa shape index (κ2) is 7.80. The zero-order valence-electron chi connectivity index (χ0n) is 15.0. The van der Waals surface area contributed by atoms with Crippen LogP contribution in [0.15, 0.2) is 35.4 Å². The van der Waals surface area contributed by atoms with E-state index < -0.39 is 9.84 Å². The molecule has 2 aromatic rings. The third kappa shape index (κ3) is 4.10. The van der Waals surface area contributed by atoms with Gasteiger partial charge in [0, 0.05) is 36.9 Å². The van der Waals surface area contributed by atoms with E-state index in [2.05, 4.69) is 26.9 Å². The van der Waals surface area contributed by atoms with Gasteiger partial charge >= 0.3 is 0 Å². The number of halogens is 1. The van der Waals surface area contributed by atoms with Gasteiger partial charge in [-0.15, -0.1) is 10.2 Å². The highest BCUT2D eigenvalue weighted by molar-refractivity contribution is 7.91. The highest BCUT2D eigenvalue weighted by Crippen LogP contribution is 2.26. The lowest BCUT2D eigenvalue weighted by atomic mass is 10.1. The van der Waals surface area contributed by atoms with Gasteiger partial charge < -0.3 is 9.80 Å². The Hall–Kier alpha value is -1.86. The number of hydrogen-bond acceptors (Lipinski definition) is 6. The highest BCUT2D eigenvalue weighted by Gasteiger charge is 2.21. The summed E-state index contributed by atoms with van der Waals surface area (Å²) >= 11 is 6.13. The summed E-state index contributed by atoms with van der Waals surface area (Å²) in [4.78, 5) is 4.44. The third-order valence-corrected chi connectivity index (χ3v) is 6.57. The molecule has 3 rings (SSSR count). The molecule has 1 aliphatic rings. The van der Waals surface area contributed by atoms with Crippen molar-refractivity contribution in [1.82, 2.24) is 10.2 Å². The van der Waals surface area contributed by atoms with Gasteiger partial charge in [-0.3, -0.25) is 0 Å². The second-order valence-corrected chi connectivity index (χ2v) is 8.95. The number of hydrogen-bond donors (Lipinski definition) is 0. The molecule has 0 N–H and O–H groups in total. The van der Waals surface area contributed by atoms with E-state index in [0.29, 0.717) is 12.2 Å². The molecule has 0 amide bonds. The van der Waals surface area contributed by atoms with E-state index in [4.69, 9.17) is 11.6 Å². The van der Waals surface area contributed by atoms with Crippen molar-refractivity contribution in [3.63, 3.8) is 0 Å². The third-order valence-electron chi connectivity index (χ3n) is 4.53. The second-order valence-electron chi connectivity index (χ2n) is 6.45. The van der Waals surface area contributed by atoms with E-state index in [1.165, 1.54) is 5.56 Å². The summed E-state index contributed by atoms with van der Waals surface area (Å²) in [7, 11) is -3.32. The van der Waals surface area contributed by atoms with Crippen molar-refractivity contribution in [2.75, 3.05) is 41.7 Å². The molecule has 1 aromatic heterocycles. The maximum absolute atomic E-state index is 12.0. The number of anilines is 2. The Morgan fingerprint density at radius 1 is 1.04 bits per heavy atom. The predicted molar refractivity (Wildman–Crippen MR) is 105 cm³/mol. The largest absolute Gasteiger partial charge is 0.368 e.